The standard InChI is InChI=1S/C16H22N2S/c1-11-7-8-12(2)16(17,9-11)10-15-18-13-5-3-4-6-14(13)19-15/h3-6,11-12H,7-10,17H2,1-2H3. The second-order valence-corrected chi connectivity index (χ2v) is 7.39. The van der Waals surface area contributed by atoms with Crippen LogP contribution in [0.2, 0.25) is 0 Å². The molecule has 3 atom stereocenters. The van der Waals surface area contributed by atoms with Crippen molar-refractivity contribution in [2.24, 2.45) is 17.6 Å². The number of thiazole rings is 1. The number of fused-ring (bicyclic) bond motifs is 1. The molecule has 19 heavy (non-hydrogen) atoms. The van der Waals surface area contributed by atoms with Gasteiger partial charge in [-0.25, -0.2) is 4.98 Å². The number of nitrogens with two attached hydrogens (primary N) is 1. The fourth-order valence-electron chi connectivity index (χ4n) is 3.30. The predicted octanol–water partition coefficient (Wildman–Crippen LogP) is 3.99. The highest BCUT2D eigenvalue weighted by Crippen LogP contribution is 2.38. The molecule has 0 spiro atoms. The lowest BCUT2D eigenvalue weighted by molar-refractivity contribution is 0.161. The summed E-state index contributed by atoms with van der Waals surface area (Å²) in [5.41, 5.74) is 7.76. The first-order chi connectivity index (χ1) is 9.07. The molecule has 2 aromatic rings. The number of para-hydroxylation sites is 1. The molecule has 1 aliphatic rings. The summed E-state index contributed by atoms with van der Waals surface area (Å²) >= 11 is 1.80. The van der Waals surface area contributed by atoms with Crippen molar-refractivity contribution in [3.8, 4) is 0 Å². The highest BCUT2D eigenvalue weighted by Gasteiger charge is 2.37. The van der Waals surface area contributed by atoms with Crippen LogP contribution in [0.1, 0.15) is 38.1 Å². The van der Waals surface area contributed by atoms with Gasteiger partial charge in [0.1, 0.15) is 0 Å². The summed E-state index contributed by atoms with van der Waals surface area (Å²) < 4.78 is 1.28. The van der Waals surface area contributed by atoms with E-state index in [9.17, 15) is 0 Å². The molecule has 1 fully saturated rings. The topological polar surface area (TPSA) is 38.9 Å². The Kier molecular flexibility index (Phi) is 3.35. The molecule has 0 amide bonds. The van der Waals surface area contributed by atoms with Gasteiger partial charge in [-0.3, -0.25) is 0 Å². The highest BCUT2D eigenvalue weighted by atomic mass is 32.1. The fourth-order valence-corrected chi connectivity index (χ4v) is 4.40. The summed E-state index contributed by atoms with van der Waals surface area (Å²) in [6.45, 7) is 4.63. The summed E-state index contributed by atoms with van der Waals surface area (Å²) in [6, 6.07) is 8.36. The van der Waals surface area contributed by atoms with Crippen LogP contribution in [0.3, 0.4) is 0 Å². The third-order valence-corrected chi connectivity index (χ3v) is 5.66. The summed E-state index contributed by atoms with van der Waals surface area (Å²) in [6.07, 6.45) is 4.63. The summed E-state index contributed by atoms with van der Waals surface area (Å²) in [4.78, 5) is 4.75. The minimum atomic E-state index is -0.0639. The summed E-state index contributed by atoms with van der Waals surface area (Å²) in [5, 5.41) is 1.20. The molecule has 3 heteroatoms. The van der Waals surface area contributed by atoms with Crippen molar-refractivity contribution in [3.63, 3.8) is 0 Å². The molecule has 0 bridgehead atoms. The van der Waals surface area contributed by atoms with Gasteiger partial charge >= 0.3 is 0 Å². The lowest BCUT2D eigenvalue weighted by Gasteiger charge is -2.42. The Balaban J connectivity index is 1.86. The van der Waals surface area contributed by atoms with Gasteiger partial charge in [0.25, 0.3) is 0 Å². The molecule has 2 N–H and O–H groups in total. The van der Waals surface area contributed by atoms with Crippen LogP contribution < -0.4 is 5.73 Å². The molecule has 0 radical (unpaired) electrons. The quantitative estimate of drug-likeness (QED) is 0.899. The zero-order valence-electron chi connectivity index (χ0n) is 11.7. The van der Waals surface area contributed by atoms with E-state index < -0.39 is 0 Å². The maximum absolute atomic E-state index is 6.71. The van der Waals surface area contributed by atoms with Crippen molar-refractivity contribution in [1.29, 1.82) is 0 Å². The monoisotopic (exact) mass is 274 g/mol. The van der Waals surface area contributed by atoms with Gasteiger partial charge in [0.2, 0.25) is 0 Å². The number of aromatic nitrogens is 1. The van der Waals surface area contributed by atoms with Gasteiger partial charge in [-0.15, -0.1) is 11.3 Å². The average molecular weight is 274 g/mol. The van der Waals surface area contributed by atoms with E-state index in [1.54, 1.807) is 11.3 Å². The number of hydrogen-bond donors (Lipinski definition) is 1. The van der Waals surface area contributed by atoms with Gasteiger partial charge in [0, 0.05) is 12.0 Å². The van der Waals surface area contributed by atoms with Crippen LogP contribution in [0.25, 0.3) is 10.2 Å². The average Bonchev–Trinajstić information content (AvgIpc) is 2.76. The molecular weight excluding hydrogens is 252 g/mol. The second kappa shape index (κ2) is 4.88. The molecule has 1 aromatic heterocycles. The van der Waals surface area contributed by atoms with E-state index in [1.165, 1.54) is 22.5 Å². The van der Waals surface area contributed by atoms with Gasteiger partial charge in [0.05, 0.1) is 15.2 Å². The number of nitrogens with zero attached hydrogens (tertiary/aromatic N) is 1. The first kappa shape index (κ1) is 13.1. The van der Waals surface area contributed by atoms with E-state index in [0.29, 0.717) is 5.92 Å². The third kappa shape index (κ3) is 2.54. The first-order valence-corrected chi connectivity index (χ1v) is 8.02. The van der Waals surface area contributed by atoms with E-state index in [-0.39, 0.29) is 5.54 Å². The molecule has 2 nitrogen and oxygen atoms in total. The van der Waals surface area contributed by atoms with Crippen LogP contribution >= 0.6 is 11.3 Å². The maximum Gasteiger partial charge on any atom is 0.0957 e. The number of rotatable bonds is 2. The first-order valence-electron chi connectivity index (χ1n) is 7.20. The summed E-state index contributed by atoms with van der Waals surface area (Å²) in [5.74, 6) is 1.34. The molecule has 3 rings (SSSR count). The molecule has 1 saturated carbocycles. The molecule has 0 aliphatic heterocycles. The van der Waals surface area contributed by atoms with Crippen LogP contribution in [0, 0.1) is 11.8 Å². The van der Waals surface area contributed by atoms with Gasteiger partial charge in [-0.2, -0.15) is 0 Å². The molecular formula is C16H22N2S. The predicted molar refractivity (Wildman–Crippen MR) is 82.4 cm³/mol. The second-order valence-electron chi connectivity index (χ2n) is 6.27. The lowest BCUT2D eigenvalue weighted by Crippen LogP contribution is -2.51. The Morgan fingerprint density at radius 1 is 1.32 bits per heavy atom. The van der Waals surface area contributed by atoms with E-state index in [0.717, 1.165) is 24.3 Å². The lowest BCUT2D eigenvalue weighted by atomic mass is 9.69. The number of hydrogen-bond acceptors (Lipinski definition) is 3. The molecule has 1 aromatic carbocycles. The maximum atomic E-state index is 6.71. The molecule has 102 valence electrons. The van der Waals surface area contributed by atoms with Crippen molar-refractivity contribution in [2.75, 3.05) is 0 Å². The Hall–Kier alpha value is -0.930. The zero-order valence-corrected chi connectivity index (χ0v) is 12.5. The Morgan fingerprint density at radius 3 is 2.89 bits per heavy atom. The smallest absolute Gasteiger partial charge is 0.0957 e. The van der Waals surface area contributed by atoms with Gasteiger partial charge < -0.3 is 5.73 Å². The van der Waals surface area contributed by atoms with Gasteiger partial charge in [-0.05, 0) is 36.8 Å². The van der Waals surface area contributed by atoms with Crippen molar-refractivity contribution in [1.82, 2.24) is 4.98 Å². The van der Waals surface area contributed by atoms with E-state index >= 15 is 0 Å². The zero-order chi connectivity index (χ0) is 13.5. The Labute approximate surface area is 119 Å². The van der Waals surface area contributed by atoms with Gasteiger partial charge in [-0.1, -0.05) is 32.4 Å². The van der Waals surface area contributed by atoms with Crippen LogP contribution in [0.5, 0.6) is 0 Å². The third-order valence-electron chi connectivity index (χ3n) is 4.62. The minimum Gasteiger partial charge on any atom is -0.324 e. The fraction of sp³-hybridized carbons (Fsp3) is 0.562. The Morgan fingerprint density at radius 2 is 2.11 bits per heavy atom. The van der Waals surface area contributed by atoms with Crippen molar-refractivity contribution < 1.29 is 0 Å². The normalized spacial score (nSPS) is 31.7. The van der Waals surface area contributed by atoms with Crippen molar-refractivity contribution in [3.05, 3.63) is 29.3 Å². The van der Waals surface area contributed by atoms with Crippen LogP contribution in [0.4, 0.5) is 0 Å². The van der Waals surface area contributed by atoms with E-state index in [4.69, 9.17) is 10.7 Å². The minimum absolute atomic E-state index is 0.0639. The van der Waals surface area contributed by atoms with Crippen LogP contribution in [-0.2, 0) is 6.42 Å². The van der Waals surface area contributed by atoms with Crippen LogP contribution in [0.15, 0.2) is 24.3 Å². The van der Waals surface area contributed by atoms with Crippen LogP contribution in [-0.4, -0.2) is 10.5 Å². The SMILES string of the molecule is CC1CCC(C)C(N)(Cc2nc3ccccc3s2)C1. The Bertz CT molecular complexity index is 544. The molecule has 0 saturated heterocycles. The number of benzene rings is 1. The molecule has 3 unspecified atom stereocenters. The van der Waals surface area contributed by atoms with Gasteiger partial charge in [0.15, 0.2) is 0 Å². The summed E-state index contributed by atoms with van der Waals surface area (Å²) in [7, 11) is 0. The van der Waals surface area contributed by atoms with Crippen molar-refractivity contribution >= 4 is 21.6 Å². The molecule has 1 aliphatic carbocycles. The largest absolute Gasteiger partial charge is 0.324 e. The van der Waals surface area contributed by atoms with Crippen molar-refractivity contribution in [2.45, 2.75) is 45.1 Å². The van der Waals surface area contributed by atoms with E-state index in [2.05, 4.69) is 38.1 Å². The highest BCUT2D eigenvalue weighted by molar-refractivity contribution is 7.18. The van der Waals surface area contributed by atoms with E-state index in [1.807, 2.05) is 0 Å². The molecule has 1 heterocycles.